The molecule has 0 aliphatic carbocycles. The largest absolute Gasteiger partial charge is 0.480 e. The van der Waals surface area contributed by atoms with Crippen molar-refractivity contribution in [1.29, 1.82) is 0 Å². The Morgan fingerprint density at radius 2 is 2.05 bits per heavy atom. The third kappa shape index (κ3) is 2.89. The highest BCUT2D eigenvalue weighted by atomic mass is 19.2. The second-order valence-electron chi connectivity index (χ2n) is 4.51. The highest BCUT2D eigenvalue weighted by molar-refractivity contribution is 5.85. The van der Waals surface area contributed by atoms with Crippen LogP contribution in [0, 0.1) is 11.6 Å². The molecule has 6 heteroatoms. The zero-order valence-electron chi connectivity index (χ0n) is 10.1. The monoisotopic (exact) mass is 269 g/mol. The molecule has 1 amide bonds. The van der Waals surface area contributed by atoms with E-state index in [9.17, 15) is 18.4 Å². The lowest BCUT2D eigenvalue weighted by molar-refractivity contribution is -0.148. The van der Waals surface area contributed by atoms with Crippen LogP contribution in [-0.4, -0.2) is 34.5 Å². The average molecular weight is 269 g/mol. The van der Waals surface area contributed by atoms with Crippen molar-refractivity contribution in [2.75, 3.05) is 6.54 Å². The Morgan fingerprint density at radius 3 is 2.68 bits per heavy atom. The molecule has 1 aliphatic rings. The summed E-state index contributed by atoms with van der Waals surface area (Å²) in [5, 5.41) is 8.98. The summed E-state index contributed by atoms with van der Waals surface area (Å²) < 4.78 is 25.8. The van der Waals surface area contributed by atoms with E-state index in [1.165, 1.54) is 11.0 Å². The topological polar surface area (TPSA) is 57.6 Å². The highest BCUT2D eigenvalue weighted by Gasteiger charge is 2.33. The van der Waals surface area contributed by atoms with Gasteiger partial charge in [-0.1, -0.05) is 6.07 Å². The number of amides is 1. The maximum absolute atomic E-state index is 13.0. The van der Waals surface area contributed by atoms with Gasteiger partial charge >= 0.3 is 5.97 Å². The molecule has 0 radical (unpaired) electrons. The molecule has 1 fully saturated rings. The number of hydrogen-bond acceptors (Lipinski definition) is 2. The number of carbonyl (C=O) groups excluding carboxylic acids is 1. The van der Waals surface area contributed by atoms with Crippen molar-refractivity contribution in [2.24, 2.45) is 0 Å². The number of nitrogens with zero attached hydrogens (tertiary/aromatic N) is 1. The predicted octanol–water partition coefficient (Wildman–Crippen LogP) is 1.58. The van der Waals surface area contributed by atoms with Gasteiger partial charge in [0.05, 0.1) is 6.42 Å². The Labute approximate surface area is 108 Å². The van der Waals surface area contributed by atoms with Crippen LogP contribution in [0.3, 0.4) is 0 Å². The van der Waals surface area contributed by atoms with Crippen LogP contribution in [0.15, 0.2) is 18.2 Å². The van der Waals surface area contributed by atoms with E-state index in [1.54, 1.807) is 0 Å². The van der Waals surface area contributed by atoms with E-state index in [1.807, 2.05) is 0 Å². The minimum absolute atomic E-state index is 0.124. The van der Waals surface area contributed by atoms with Gasteiger partial charge < -0.3 is 10.0 Å². The van der Waals surface area contributed by atoms with Crippen LogP contribution < -0.4 is 0 Å². The van der Waals surface area contributed by atoms with E-state index < -0.39 is 23.6 Å². The number of halogens is 2. The zero-order valence-corrected chi connectivity index (χ0v) is 10.1. The lowest BCUT2D eigenvalue weighted by Crippen LogP contribution is -2.41. The van der Waals surface area contributed by atoms with Gasteiger partial charge in [-0.3, -0.25) is 4.79 Å². The molecule has 1 aliphatic heterocycles. The summed E-state index contributed by atoms with van der Waals surface area (Å²) in [6.45, 7) is 0.388. The van der Waals surface area contributed by atoms with Crippen molar-refractivity contribution in [1.82, 2.24) is 4.90 Å². The van der Waals surface area contributed by atoms with Gasteiger partial charge in [-0.05, 0) is 30.5 Å². The smallest absolute Gasteiger partial charge is 0.326 e. The molecular weight excluding hydrogens is 256 g/mol. The van der Waals surface area contributed by atoms with Gasteiger partial charge in [0.25, 0.3) is 0 Å². The molecule has 0 saturated carbocycles. The van der Waals surface area contributed by atoms with Gasteiger partial charge in [0.15, 0.2) is 11.6 Å². The van der Waals surface area contributed by atoms with Crippen LogP contribution in [0.2, 0.25) is 0 Å². The molecule has 1 N–H and O–H groups in total. The molecule has 0 aromatic heterocycles. The van der Waals surface area contributed by atoms with Crippen LogP contribution in [-0.2, 0) is 16.0 Å². The number of likely N-dealkylation sites (tertiary alicyclic amines) is 1. The van der Waals surface area contributed by atoms with Crippen molar-refractivity contribution in [3.8, 4) is 0 Å². The molecule has 2 rings (SSSR count). The Hall–Kier alpha value is -1.98. The quantitative estimate of drug-likeness (QED) is 0.906. The van der Waals surface area contributed by atoms with E-state index in [2.05, 4.69) is 0 Å². The molecule has 1 heterocycles. The first-order valence-corrected chi connectivity index (χ1v) is 5.95. The first-order chi connectivity index (χ1) is 8.99. The number of benzene rings is 1. The second kappa shape index (κ2) is 5.34. The fraction of sp³-hybridized carbons (Fsp3) is 0.385. The van der Waals surface area contributed by atoms with Crippen LogP contribution in [0.25, 0.3) is 0 Å². The van der Waals surface area contributed by atoms with E-state index in [-0.39, 0.29) is 12.3 Å². The van der Waals surface area contributed by atoms with Gasteiger partial charge in [-0.15, -0.1) is 0 Å². The number of carbonyl (C=O) groups is 2. The van der Waals surface area contributed by atoms with Gasteiger partial charge in [0, 0.05) is 6.54 Å². The summed E-state index contributed by atoms with van der Waals surface area (Å²) in [6, 6.07) is 2.43. The molecular formula is C13H13F2NO3. The van der Waals surface area contributed by atoms with Crippen molar-refractivity contribution in [3.63, 3.8) is 0 Å². The van der Waals surface area contributed by atoms with Crippen LogP contribution in [0.1, 0.15) is 18.4 Å². The van der Waals surface area contributed by atoms with E-state index in [4.69, 9.17) is 5.11 Å². The molecule has 0 unspecified atom stereocenters. The molecule has 1 atom stereocenters. The summed E-state index contributed by atoms with van der Waals surface area (Å²) in [5.41, 5.74) is 0.333. The van der Waals surface area contributed by atoms with Gasteiger partial charge in [-0.25, -0.2) is 13.6 Å². The van der Waals surface area contributed by atoms with Gasteiger partial charge in [0.2, 0.25) is 5.91 Å². The Morgan fingerprint density at radius 1 is 1.32 bits per heavy atom. The number of carboxylic acid groups (broad SMARTS) is 1. The maximum atomic E-state index is 13.0. The fourth-order valence-corrected chi connectivity index (χ4v) is 2.25. The molecule has 1 saturated heterocycles. The predicted molar refractivity (Wildman–Crippen MR) is 62.4 cm³/mol. The minimum atomic E-state index is -1.03. The third-order valence-electron chi connectivity index (χ3n) is 3.20. The standard InChI is InChI=1S/C13H13F2NO3/c14-9-4-3-8(6-10(9)15)7-12(17)16-5-1-2-11(16)13(18)19/h3-4,6,11H,1-2,5,7H2,(H,18,19)/t11-/m0/s1. The number of aliphatic carboxylic acids is 1. The first kappa shape index (κ1) is 13.5. The summed E-state index contributed by atoms with van der Waals surface area (Å²) in [6.07, 6.45) is 0.945. The third-order valence-corrected chi connectivity index (χ3v) is 3.20. The van der Waals surface area contributed by atoms with Crippen LogP contribution in [0.5, 0.6) is 0 Å². The van der Waals surface area contributed by atoms with Crippen molar-refractivity contribution < 1.29 is 23.5 Å². The summed E-state index contributed by atoms with van der Waals surface area (Å²) in [4.78, 5) is 24.2. The molecule has 0 spiro atoms. The highest BCUT2D eigenvalue weighted by Crippen LogP contribution is 2.19. The summed E-state index contributed by atoms with van der Waals surface area (Å²) >= 11 is 0. The van der Waals surface area contributed by atoms with E-state index in [0.717, 1.165) is 12.1 Å². The second-order valence-corrected chi connectivity index (χ2v) is 4.51. The van der Waals surface area contributed by atoms with E-state index >= 15 is 0 Å². The Bertz CT molecular complexity index is 519. The molecule has 1 aromatic rings. The molecule has 1 aromatic carbocycles. The van der Waals surface area contributed by atoms with Crippen LogP contribution in [0.4, 0.5) is 8.78 Å². The Kier molecular flexibility index (Phi) is 3.78. The first-order valence-electron chi connectivity index (χ1n) is 5.95. The molecule has 102 valence electrons. The summed E-state index contributed by atoms with van der Waals surface area (Å²) in [5.74, 6) is -3.39. The molecule has 0 bridgehead atoms. The van der Waals surface area contributed by atoms with Crippen molar-refractivity contribution in [2.45, 2.75) is 25.3 Å². The van der Waals surface area contributed by atoms with Crippen molar-refractivity contribution in [3.05, 3.63) is 35.4 Å². The number of hydrogen-bond donors (Lipinski definition) is 1. The van der Waals surface area contributed by atoms with Gasteiger partial charge in [0.1, 0.15) is 6.04 Å². The molecule has 4 nitrogen and oxygen atoms in total. The minimum Gasteiger partial charge on any atom is -0.480 e. The fourth-order valence-electron chi connectivity index (χ4n) is 2.25. The van der Waals surface area contributed by atoms with E-state index in [0.29, 0.717) is 24.9 Å². The maximum Gasteiger partial charge on any atom is 0.326 e. The number of rotatable bonds is 3. The average Bonchev–Trinajstić information content (AvgIpc) is 2.83. The van der Waals surface area contributed by atoms with Crippen LogP contribution >= 0.6 is 0 Å². The zero-order chi connectivity index (χ0) is 14.0. The van der Waals surface area contributed by atoms with Crippen molar-refractivity contribution >= 4 is 11.9 Å². The molecule has 19 heavy (non-hydrogen) atoms. The van der Waals surface area contributed by atoms with Gasteiger partial charge in [-0.2, -0.15) is 0 Å². The normalized spacial score (nSPS) is 18.6. The SMILES string of the molecule is O=C(O)[C@@H]1CCCN1C(=O)Cc1ccc(F)c(F)c1. The lowest BCUT2D eigenvalue weighted by Gasteiger charge is -2.21. The number of carboxylic acids is 1. The Balaban J connectivity index is 2.08. The summed E-state index contributed by atoms with van der Waals surface area (Å²) in [7, 11) is 0. The lowest BCUT2D eigenvalue weighted by atomic mass is 10.1.